The molecule has 6 nitrogen and oxygen atoms in total. The number of imidazole rings is 1. The monoisotopic (exact) mass is 583 g/mol. The number of fused-ring (bicyclic) bond motifs is 1. The number of ether oxygens (including phenoxy) is 1. The summed E-state index contributed by atoms with van der Waals surface area (Å²) in [5.74, 6) is -0.584. The van der Waals surface area contributed by atoms with E-state index in [1.54, 1.807) is 13.0 Å². The van der Waals surface area contributed by atoms with Crippen LogP contribution >= 0.6 is 11.6 Å². The van der Waals surface area contributed by atoms with Gasteiger partial charge in [-0.2, -0.15) is 0 Å². The molecular formula is C32H36ClF2N3O3. The van der Waals surface area contributed by atoms with Gasteiger partial charge in [-0.15, -0.1) is 0 Å². The standard InChI is InChI=1S/C28H28ClF2N3O.C4H8O2/c29-21-7-12-27-26(18-21)32-28(35)34(27)24-13-16-33(17-14-24)15-1-2-25(19-3-8-22(30)9-4-19)20-5-10-23(31)11-6-20;1-3-4(5)6-2/h3-12,18,24-25H,1-2,13-17H2,(H,32,35);3H2,1-2H3. The first-order chi connectivity index (χ1) is 19.8. The van der Waals surface area contributed by atoms with E-state index < -0.39 is 0 Å². The number of likely N-dealkylation sites (tertiary alicyclic amines) is 1. The number of carbonyl (C=O) groups is 1. The third-order valence-electron chi connectivity index (χ3n) is 7.63. The molecular weight excluding hydrogens is 548 g/mol. The minimum atomic E-state index is -0.258. The van der Waals surface area contributed by atoms with Crippen molar-refractivity contribution in [1.82, 2.24) is 14.5 Å². The van der Waals surface area contributed by atoms with E-state index in [4.69, 9.17) is 11.6 Å². The van der Waals surface area contributed by atoms with Crippen LogP contribution in [-0.2, 0) is 9.53 Å². The fourth-order valence-electron chi connectivity index (χ4n) is 5.45. The molecule has 9 heteroatoms. The Morgan fingerprint density at radius 3 is 2.10 bits per heavy atom. The first-order valence-corrected chi connectivity index (χ1v) is 14.4. The fraction of sp³-hybridized carbons (Fsp3) is 0.375. The Balaban J connectivity index is 0.000000585. The number of hydrogen-bond donors (Lipinski definition) is 1. The van der Waals surface area contributed by atoms with Crippen molar-refractivity contribution in [3.8, 4) is 0 Å². The summed E-state index contributed by atoms with van der Waals surface area (Å²) < 4.78 is 33.1. The number of benzene rings is 3. The summed E-state index contributed by atoms with van der Waals surface area (Å²) in [5.41, 5.74) is 3.67. The van der Waals surface area contributed by atoms with Crippen LogP contribution in [0.4, 0.5) is 8.78 Å². The molecule has 0 spiro atoms. The molecule has 0 radical (unpaired) electrons. The molecule has 5 rings (SSSR count). The number of carbonyl (C=O) groups excluding carboxylic acids is 1. The molecule has 41 heavy (non-hydrogen) atoms. The van der Waals surface area contributed by atoms with Gasteiger partial charge in [0.1, 0.15) is 11.6 Å². The number of aromatic amines is 1. The molecule has 0 saturated carbocycles. The summed E-state index contributed by atoms with van der Waals surface area (Å²) in [6.45, 7) is 4.56. The zero-order valence-electron chi connectivity index (χ0n) is 23.4. The van der Waals surface area contributed by atoms with Crippen molar-refractivity contribution in [1.29, 1.82) is 0 Å². The fourth-order valence-corrected chi connectivity index (χ4v) is 5.62. The second kappa shape index (κ2) is 14.4. The lowest BCUT2D eigenvalue weighted by atomic mass is 9.87. The SMILES string of the molecule is CCC(=O)OC.O=c1[nH]c2cc(Cl)ccc2n1C1CCN(CCCC(c2ccc(F)cc2)c2ccc(F)cc2)CC1. The van der Waals surface area contributed by atoms with E-state index in [1.165, 1.54) is 31.4 Å². The molecule has 0 aliphatic carbocycles. The van der Waals surface area contributed by atoms with E-state index in [9.17, 15) is 18.4 Å². The predicted molar refractivity (Wildman–Crippen MR) is 158 cm³/mol. The number of nitrogens with one attached hydrogen (secondary N) is 1. The lowest BCUT2D eigenvalue weighted by molar-refractivity contribution is -0.140. The highest BCUT2D eigenvalue weighted by Gasteiger charge is 2.24. The van der Waals surface area contributed by atoms with Gasteiger partial charge in [-0.25, -0.2) is 13.6 Å². The molecule has 3 aromatic carbocycles. The average Bonchev–Trinajstić information content (AvgIpc) is 3.31. The van der Waals surface area contributed by atoms with Gasteiger partial charge in [0, 0.05) is 36.5 Å². The van der Waals surface area contributed by atoms with Crippen LogP contribution in [0.3, 0.4) is 0 Å². The van der Waals surface area contributed by atoms with Crippen LogP contribution in [0.5, 0.6) is 0 Å². The van der Waals surface area contributed by atoms with Crippen LogP contribution in [0.25, 0.3) is 11.0 Å². The van der Waals surface area contributed by atoms with Gasteiger partial charge in [-0.3, -0.25) is 9.36 Å². The van der Waals surface area contributed by atoms with Crippen molar-refractivity contribution in [2.24, 2.45) is 0 Å². The molecule has 0 atom stereocenters. The van der Waals surface area contributed by atoms with Crippen LogP contribution in [0, 0.1) is 11.6 Å². The maximum absolute atomic E-state index is 13.5. The lowest BCUT2D eigenvalue weighted by Crippen LogP contribution is -2.37. The Morgan fingerprint density at radius 2 is 1.59 bits per heavy atom. The van der Waals surface area contributed by atoms with E-state index in [0.717, 1.165) is 67.5 Å². The van der Waals surface area contributed by atoms with Crippen molar-refractivity contribution < 1.29 is 18.3 Å². The first-order valence-electron chi connectivity index (χ1n) is 14.0. The number of aromatic nitrogens is 2. The first kappa shape index (κ1) is 30.5. The Hall–Kier alpha value is -3.49. The molecule has 1 fully saturated rings. The number of hydrogen-bond acceptors (Lipinski definition) is 4. The predicted octanol–water partition coefficient (Wildman–Crippen LogP) is 7.08. The van der Waals surface area contributed by atoms with Gasteiger partial charge in [0.25, 0.3) is 0 Å². The van der Waals surface area contributed by atoms with Gasteiger partial charge < -0.3 is 14.6 Å². The highest BCUT2D eigenvalue weighted by molar-refractivity contribution is 6.31. The van der Waals surface area contributed by atoms with Crippen molar-refractivity contribution in [3.63, 3.8) is 0 Å². The molecule has 1 aliphatic rings. The molecule has 4 aromatic rings. The molecule has 1 N–H and O–H groups in total. The summed E-state index contributed by atoms with van der Waals surface area (Å²) in [7, 11) is 1.38. The van der Waals surface area contributed by atoms with E-state index in [0.29, 0.717) is 11.4 Å². The van der Waals surface area contributed by atoms with Crippen molar-refractivity contribution >= 4 is 28.6 Å². The maximum atomic E-state index is 13.5. The summed E-state index contributed by atoms with van der Waals surface area (Å²) in [4.78, 5) is 27.9. The van der Waals surface area contributed by atoms with Gasteiger partial charge >= 0.3 is 11.7 Å². The Labute approximate surface area is 243 Å². The van der Waals surface area contributed by atoms with Crippen LogP contribution in [0.15, 0.2) is 71.5 Å². The van der Waals surface area contributed by atoms with Crippen LogP contribution < -0.4 is 5.69 Å². The van der Waals surface area contributed by atoms with Gasteiger partial charge in [-0.05, 0) is 85.8 Å². The van der Waals surface area contributed by atoms with Gasteiger partial charge in [0.15, 0.2) is 0 Å². The quantitative estimate of drug-likeness (QED) is 0.225. The average molecular weight is 584 g/mol. The highest BCUT2D eigenvalue weighted by Crippen LogP contribution is 2.31. The Morgan fingerprint density at radius 1 is 1.00 bits per heavy atom. The van der Waals surface area contributed by atoms with Gasteiger partial charge in [0.05, 0.1) is 18.1 Å². The van der Waals surface area contributed by atoms with Crippen LogP contribution in [0.2, 0.25) is 5.02 Å². The number of halogens is 3. The largest absolute Gasteiger partial charge is 0.469 e. The Bertz CT molecular complexity index is 1430. The van der Waals surface area contributed by atoms with E-state index >= 15 is 0 Å². The second-order valence-electron chi connectivity index (χ2n) is 10.3. The van der Waals surface area contributed by atoms with Crippen LogP contribution in [0.1, 0.15) is 62.1 Å². The van der Waals surface area contributed by atoms with Gasteiger partial charge in [-0.1, -0.05) is 42.8 Å². The number of H-pyrrole nitrogens is 1. The molecule has 1 aromatic heterocycles. The molecule has 218 valence electrons. The third kappa shape index (κ3) is 8.05. The molecule has 0 amide bonds. The van der Waals surface area contributed by atoms with Crippen molar-refractivity contribution in [3.05, 3.63) is 105 Å². The van der Waals surface area contributed by atoms with Crippen molar-refractivity contribution in [2.75, 3.05) is 26.7 Å². The number of piperidine rings is 1. The zero-order chi connectivity index (χ0) is 29.4. The second-order valence-corrected chi connectivity index (χ2v) is 10.7. The Kier molecular flexibility index (Phi) is 10.7. The molecule has 0 bridgehead atoms. The maximum Gasteiger partial charge on any atom is 0.326 e. The smallest absolute Gasteiger partial charge is 0.326 e. The number of rotatable bonds is 8. The molecule has 1 saturated heterocycles. The van der Waals surface area contributed by atoms with E-state index in [2.05, 4.69) is 14.6 Å². The topological polar surface area (TPSA) is 67.3 Å². The van der Waals surface area contributed by atoms with Crippen LogP contribution in [-0.4, -0.2) is 47.2 Å². The number of nitrogens with zero attached hydrogens (tertiary/aromatic N) is 2. The highest BCUT2D eigenvalue weighted by atomic mass is 35.5. The minimum Gasteiger partial charge on any atom is -0.469 e. The normalized spacial score (nSPS) is 14.2. The number of esters is 1. The zero-order valence-corrected chi connectivity index (χ0v) is 24.2. The summed E-state index contributed by atoms with van der Waals surface area (Å²) in [6.07, 6.45) is 4.15. The van der Waals surface area contributed by atoms with Gasteiger partial charge in [0.2, 0.25) is 0 Å². The minimum absolute atomic E-state index is 0.0813. The van der Waals surface area contributed by atoms with Crippen molar-refractivity contribution in [2.45, 2.75) is 51.0 Å². The number of methoxy groups -OCH3 is 1. The molecule has 2 heterocycles. The van der Waals surface area contributed by atoms with E-state index in [1.807, 2.05) is 41.0 Å². The summed E-state index contributed by atoms with van der Waals surface area (Å²) in [5, 5.41) is 0.611. The molecule has 0 unspecified atom stereocenters. The van der Waals surface area contributed by atoms with E-state index in [-0.39, 0.29) is 35.3 Å². The lowest BCUT2D eigenvalue weighted by Gasteiger charge is -2.33. The summed E-state index contributed by atoms with van der Waals surface area (Å²) in [6, 6.07) is 18.9. The summed E-state index contributed by atoms with van der Waals surface area (Å²) >= 11 is 6.08. The molecule has 1 aliphatic heterocycles. The third-order valence-corrected chi connectivity index (χ3v) is 7.86.